The molecule has 1 aliphatic rings. The van der Waals surface area contributed by atoms with Crippen molar-refractivity contribution in [3.05, 3.63) is 0 Å². The van der Waals surface area contributed by atoms with Crippen molar-refractivity contribution < 1.29 is 14.2 Å². The average Bonchev–Trinajstić information content (AvgIpc) is 3.39. The summed E-state index contributed by atoms with van der Waals surface area (Å²) in [7, 11) is 1.71. The molecule has 1 aliphatic heterocycles. The van der Waals surface area contributed by atoms with Gasteiger partial charge < -0.3 is 14.2 Å². The summed E-state index contributed by atoms with van der Waals surface area (Å²) in [5.41, 5.74) is 0. The van der Waals surface area contributed by atoms with E-state index in [1.807, 2.05) is 0 Å². The number of hydrogen-bond donors (Lipinski definition) is 0. The maximum atomic E-state index is 5.90. The van der Waals surface area contributed by atoms with Gasteiger partial charge in [0.15, 0.2) is 0 Å². The third-order valence-corrected chi connectivity index (χ3v) is 5.58. The highest BCUT2D eigenvalue weighted by Gasteiger charge is 2.39. The van der Waals surface area contributed by atoms with E-state index >= 15 is 0 Å². The van der Waals surface area contributed by atoms with Crippen molar-refractivity contribution in [2.24, 2.45) is 0 Å². The van der Waals surface area contributed by atoms with Gasteiger partial charge in [-0.15, -0.1) is 0 Å². The second-order valence-electron chi connectivity index (χ2n) is 8.11. The molecular formula is C23H46O3. The minimum Gasteiger partial charge on any atom is -0.369 e. The van der Waals surface area contributed by atoms with Crippen molar-refractivity contribution in [2.45, 2.75) is 135 Å². The van der Waals surface area contributed by atoms with E-state index < -0.39 is 0 Å². The van der Waals surface area contributed by atoms with Gasteiger partial charge in [-0.2, -0.15) is 0 Å². The van der Waals surface area contributed by atoms with Gasteiger partial charge in [-0.1, -0.05) is 97.3 Å². The fourth-order valence-corrected chi connectivity index (χ4v) is 3.79. The van der Waals surface area contributed by atoms with Gasteiger partial charge >= 0.3 is 0 Å². The Morgan fingerprint density at radius 2 is 1.31 bits per heavy atom. The van der Waals surface area contributed by atoms with Gasteiger partial charge in [0, 0.05) is 13.5 Å². The van der Waals surface area contributed by atoms with Crippen LogP contribution in [0.1, 0.15) is 117 Å². The van der Waals surface area contributed by atoms with E-state index in [0.717, 1.165) is 12.8 Å². The molecule has 0 unspecified atom stereocenters. The average molecular weight is 371 g/mol. The van der Waals surface area contributed by atoms with E-state index in [-0.39, 0.29) is 0 Å². The smallest absolute Gasteiger partial charge is 0.146 e. The van der Waals surface area contributed by atoms with Crippen LogP contribution in [0.15, 0.2) is 0 Å². The third kappa shape index (κ3) is 13.1. The van der Waals surface area contributed by atoms with Crippen LogP contribution in [0.5, 0.6) is 0 Å². The first-order chi connectivity index (χ1) is 12.8. The molecule has 0 bridgehead atoms. The number of rotatable bonds is 20. The van der Waals surface area contributed by atoms with Gasteiger partial charge in [-0.25, -0.2) is 0 Å². The molecule has 0 saturated carbocycles. The van der Waals surface area contributed by atoms with Crippen LogP contribution < -0.4 is 0 Å². The monoisotopic (exact) mass is 370 g/mol. The summed E-state index contributed by atoms with van der Waals surface area (Å²) in [6.45, 7) is 4.96. The maximum absolute atomic E-state index is 5.90. The van der Waals surface area contributed by atoms with Gasteiger partial charge in [0.2, 0.25) is 0 Å². The van der Waals surface area contributed by atoms with E-state index in [0.29, 0.717) is 25.1 Å². The molecule has 0 aliphatic carbocycles. The Bertz CT molecular complexity index is 295. The number of hydrogen-bond acceptors (Lipinski definition) is 3. The molecule has 1 heterocycles. The van der Waals surface area contributed by atoms with Gasteiger partial charge in [0.25, 0.3) is 0 Å². The largest absolute Gasteiger partial charge is 0.369 e. The molecule has 0 amide bonds. The van der Waals surface area contributed by atoms with Crippen molar-refractivity contribution in [1.82, 2.24) is 0 Å². The van der Waals surface area contributed by atoms with Crippen LogP contribution in [0.3, 0.4) is 0 Å². The van der Waals surface area contributed by atoms with E-state index in [1.165, 1.54) is 89.9 Å². The van der Waals surface area contributed by atoms with Crippen LogP contribution in [-0.4, -0.2) is 32.2 Å². The first kappa shape index (κ1) is 23.9. The Kier molecular flexibility index (Phi) is 15.6. The van der Waals surface area contributed by atoms with Crippen molar-refractivity contribution in [2.75, 3.05) is 13.9 Å². The lowest BCUT2D eigenvalue weighted by Crippen LogP contribution is -2.18. The molecule has 0 radical (unpaired) electrons. The molecule has 3 heteroatoms. The van der Waals surface area contributed by atoms with Crippen molar-refractivity contribution in [3.63, 3.8) is 0 Å². The zero-order valence-corrected chi connectivity index (χ0v) is 18.0. The molecule has 0 spiro atoms. The first-order valence-electron chi connectivity index (χ1n) is 11.6. The van der Waals surface area contributed by atoms with Gasteiger partial charge in [-0.05, 0) is 12.8 Å². The van der Waals surface area contributed by atoms with Crippen molar-refractivity contribution in [1.29, 1.82) is 0 Å². The van der Waals surface area contributed by atoms with E-state index in [2.05, 4.69) is 13.8 Å². The van der Waals surface area contributed by atoms with Gasteiger partial charge in [0.1, 0.15) is 6.79 Å². The molecule has 0 N–H and O–H groups in total. The highest BCUT2D eigenvalue weighted by atomic mass is 16.7. The Balaban J connectivity index is 2.03. The summed E-state index contributed by atoms with van der Waals surface area (Å²) in [4.78, 5) is 0. The van der Waals surface area contributed by atoms with E-state index in [4.69, 9.17) is 14.2 Å². The highest BCUT2D eigenvalue weighted by molar-refractivity contribution is 4.87. The van der Waals surface area contributed by atoms with Crippen LogP contribution >= 0.6 is 0 Å². The fourth-order valence-electron chi connectivity index (χ4n) is 3.79. The molecule has 1 fully saturated rings. The number of ether oxygens (including phenoxy) is 3. The highest BCUT2D eigenvalue weighted by Crippen LogP contribution is 2.32. The second-order valence-corrected chi connectivity index (χ2v) is 8.11. The zero-order valence-electron chi connectivity index (χ0n) is 18.0. The minimum atomic E-state index is 0.310. The molecule has 3 nitrogen and oxygen atoms in total. The van der Waals surface area contributed by atoms with Crippen LogP contribution in [0, 0.1) is 0 Å². The zero-order chi connectivity index (χ0) is 18.9. The molecule has 1 rings (SSSR count). The molecule has 156 valence electrons. The number of unbranched alkanes of at least 4 members (excludes halogenated alkanes) is 11. The lowest BCUT2D eigenvalue weighted by molar-refractivity contribution is -0.0787. The van der Waals surface area contributed by atoms with Gasteiger partial charge in [0.05, 0.1) is 18.3 Å². The van der Waals surface area contributed by atoms with Crippen LogP contribution in [0.4, 0.5) is 0 Å². The molecule has 1 saturated heterocycles. The Morgan fingerprint density at radius 3 is 1.92 bits per heavy atom. The molecule has 0 aromatic rings. The summed E-state index contributed by atoms with van der Waals surface area (Å²) in [6, 6.07) is 0. The van der Waals surface area contributed by atoms with Crippen LogP contribution in [-0.2, 0) is 14.2 Å². The molecule has 0 aromatic carbocycles. The standard InChI is InChI=1S/C23H46O3/c1-4-6-8-10-11-12-13-14-15-17-21(25-20-24-3)19-23-22(26-23)18-16-9-7-5-2/h21-23H,4-20H2,1-3H3/t21-,22+,23-/m0/s1. The summed E-state index contributed by atoms with van der Waals surface area (Å²) in [5, 5.41) is 0. The quantitative estimate of drug-likeness (QED) is 0.131. The normalized spacial score (nSPS) is 20.4. The Hall–Kier alpha value is -0.120. The summed E-state index contributed by atoms with van der Waals surface area (Å²) in [5.74, 6) is 0. The van der Waals surface area contributed by atoms with E-state index in [9.17, 15) is 0 Å². The topological polar surface area (TPSA) is 31.0 Å². The maximum Gasteiger partial charge on any atom is 0.146 e. The van der Waals surface area contributed by atoms with Gasteiger partial charge in [-0.3, -0.25) is 0 Å². The predicted molar refractivity (Wildman–Crippen MR) is 111 cm³/mol. The van der Waals surface area contributed by atoms with Crippen LogP contribution in [0.25, 0.3) is 0 Å². The molecule has 0 aromatic heterocycles. The predicted octanol–water partition coefficient (Wildman–Crippen LogP) is 7.02. The Labute approximate surface area is 163 Å². The fraction of sp³-hybridized carbons (Fsp3) is 1.00. The second kappa shape index (κ2) is 17.0. The number of methoxy groups -OCH3 is 1. The minimum absolute atomic E-state index is 0.310. The molecular weight excluding hydrogens is 324 g/mol. The van der Waals surface area contributed by atoms with Crippen molar-refractivity contribution in [3.8, 4) is 0 Å². The summed E-state index contributed by atoms with van der Waals surface area (Å²) >= 11 is 0. The lowest BCUT2D eigenvalue weighted by atomic mass is 10.0. The summed E-state index contributed by atoms with van der Waals surface area (Å²) in [6.07, 6.45) is 22.4. The first-order valence-corrected chi connectivity index (χ1v) is 11.6. The Morgan fingerprint density at radius 1 is 0.731 bits per heavy atom. The lowest BCUT2D eigenvalue weighted by Gasteiger charge is -2.16. The summed E-state index contributed by atoms with van der Waals surface area (Å²) < 4.78 is 16.9. The molecule has 3 atom stereocenters. The third-order valence-electron chi connectivity index (χ3n) is 5.58. The number of epoxide rings is 1. The van der Waals surface area contributed by atoms with E-state index in [1.54, 1.807) is 7.11 Å². The molecule has 26 heavy (non-hydrogen) atoms. The van der Waals surface area contributed by atoms with Crippen LogP contribution in [0.2, 0.25) is 0 Å². The van der Waals surface area contributed by atoms with Crippen molar-refractivity contribution >= 4 is 0 Å². The SMILES string of the molecule is CCCCCCCCCCC[C@@H](C[C@@H]1O[C@@H]1CCCCCC)OCOC.